The second kappa shape index (κ2) is 7.94. The average Bonchev–Trinajstić information content (AvgIpc) is 3.00. The van der Waals surface area contributed by atoms with Gasteiger partial charge in [-0.1, -0.05) is 11.6 Å². The monoisotopic (exact) mass is 342 g/mol. The van der Waals surface area contributed by atoms with E-state index in [1.807, 2.05) is 0 Å². The zero-order valence-electron chi connectivity index (χ0n) is 12.5. The van der Waals surface area contributed by atoms with Crippen LogP contribution in [0.15, 0.2) is 28.9 Å². The van der Waals surface area contributed by atoms with Crippen LogP contribution in [0.2, 0.25) is 5.02 Å². The fourth-order valence-corrected chi connectivity index (χ4v) is 2.03. The minimum Gasteiger partial charge on any atom is -0.482 e. The second-order valence-corrected chi connectivity index (χ2v) is 5.20. The van der Waals surface area contributed by atoms with Gasteiger partial charge in [0.15, 0.2) is 12.3 Å². The molecule has 1 aromatic heterocycles. The highest BCUT2D eigenvalue weighted by Gasteiger charge is 2.16. The molecule has 0 spiro atoms. The molecular weight excluding hydrogens is 327 g/mol. The van der Waals surface area contributed by atoms with Crippen LogP contribution in [-0.4, -0.2) is 41.1 Å². The van der Waals surface area contributed by atoms with Crippen LogP contribution in [0.4, 0.5) is 4.39 Å². The maximum Gasteiger partial charge on any atom is 0.275 e. The average molecular weight is 343 g/mol. The van der Waals surface area contributed by atoms with Crippen LogP contribution in [0.3, 0.4) is 0 Å². The molecular formula is C15H16ClFN2O4. The lowest BCUT2D eigenvalue weighted by Crippen LogP contribution is -2.28. The second-order valence-electron chi connectivity index (χ2n) is 4.79. The third-order valence-corrected chi connectivity index (χ3v) is 3.31. The number of hydrogen-bond acceptors (Lipinski definition) is 5. The summed E-state index contributed by atoms with van der Waals surface area (Å²) in [7, 11) is 1.61. The lowest BCUT2D eigenvalue weighted by Gasteiger charge is -2.14. The minimum absolute atomic E-state index is 0.00789. The Morgan fingerprint density at radius 1 is 1.52 bits per heavy atom. The molecule has 0 fully saturated rings. The molecule has 1 amide bonds. The van der Waals surface area contributed by atoms with Crippen molar-refractivity contribution in [3.8, 4) is 5.75 Å². The highest BCUT2D eigenvalue weighted by Crippen LogP contribution is 2.25. The number of oxazole rings is 1. The first kappa shape index (κ1) is 17.2. The number of aliphatic hydroxyl groups excluding tert-OH is 1. The standard InChI is InChI=1S/C15H16ClFN2O4/c1-19(5-2-6-20)15(21)12-8-23-14(18-12)9-22-13-4-3-10(17)7-11(13)16/h3-4,7-8,20H,2,5-6,9H2,1H3. The van der Waals surface area contributed by atoms with Crippen molar-refractivity contribution in [2.24, 2.45) is 0 Å². The maximum absolute atomic E-state index is 12.9. The molecule has 6 nitrogen and oxygen atoms in total. The molecule has 2 aromatic rings. The van der Waals surface area contributed by atoms with E-state index in [0.29, 0.717) is 18.7 Å². The summed E-state index contributed by atoms with van der Waals surface area (Å²) in [4.78, 5) is 17.5. The predicted molar refractivity (Wildman–Crippen MR) is 80.9 cm³/mol. The SMILES string of the molecule is CN(CCCO)C(=O)c1coc(COc2ccc(F)cc2Cl)n1. The van der Waals surface area contributed by atoms with Crippen LogP contribution in [0.25, 0.3) is 0 Å². The Morgan fingerprint density at radius 2 is 2.30 bits per heavy atom. The first-order valence-corrected chi connectivity index (χ1v) is 7.27. The molecule has 0 radical (unpaired) electrons. The Kier molecular flexibility index (Phi) is 5.95. The Morgan fingerprint density at radius 3 is 3.00 bits per heavy atom. The Bertz CT molecular complexity index is 677. The van der Waals surface area contributed by atoms with Gasteiger partial charge in [-0.3, -0.25) is 4.79 Å². The minimum atomic E-state index is -0.461. The Balaban J connectivity index is 1.95. The molecule has 0 bridgehead atoms. The van der Waals surface area contributed by atoms with Crippen LogP contribution in [0.5, 0.6) is 5.75 Å². The van der Waals surface area contributed by atoms with Gasteiger partial charge in [0.25, 0.3) is 5.91 Å². The van der Waals surface area contributed by atoms with Gasteiger partial charge in [0.2, 0.25) is 5.89 Å². The third-order valence-electron chi connectivity index (χ3n) is 3.01. The van der Waals surface area contributed by atoms with Crippen molar-refractivity contribution in [3.05, 3.63) is 46.9 Å². The fraction of sp³-hybridized carbons (Fsp3) is 0.333. The largest absolute Gasteiger partial charge is 0.482 e. The number of amides is 1. The molecule has 2 rings (SSSR count). The summed E-state index contributed by atoms with van der Waals surface area (Å²) in [5.74, 6) is -0.283. The van der Waals surface area contributed by atoms with Gasteiger partial charge in [-0.25, -0.2) is 9.37 Å². The van der Waals surface area contributed by atoms with E-state index in [1.54, 1.807) is 7.05 Å². The molecule has 0 unspecified atom stereocenters. The van der Waals surface area contributed by atoms with Crippen LogP contribution in [-0.2, 0) is 6.61 Å². The van der Waals surface area contributed by atoms with Crippen LogP contribution >= 0.6 is 11.6 Å². The van der Waals surface area contributed by atoms with Gasteiger partial charge >= 0.3 is 0 Å². The smallest absolute Gasteiger partial charge is 0.275 e. The quantitative estimate of drug-likeness (QED) is 0.836. The van der Waals surface area contributed by atoms with E-state index in [4.69, 9.17) is 25.9 Å². The zero-order chi connectivity index (χ0) is 16.8. The summed E-state index contributed by atoms with van der Waals surface area (Å²) in [6.45, 7) is 0.381. The molecule has 0 saturated carbocycles. The number of halogens is 2. The summed E-state index contributed by atoms with van der Waals surface area (Å²) < 4.78 is 23.5. The van der Waals surface area contributed by atoms with E-state index in [1.165, 1.54) is 23.3 Å². The van der Waals surface area contributed by atoms with Crippen molar-refractivity contribution in [1.29, 1.82) is 0 Å². The van der Waals surface area contributed by atoms with E-state index in [0.717, 1.165) is 6.07 Å². The predicted octanol–water partition coefficient (Wildman–Crippen LogP) is 2.50. The summed E-state index contributed by atoms with van der Waals surface area (Å²) >= 11 is 5.84. The van der Waals surface area contributed by atoms with Crippen LogP contribution < -0.4 is 4.74 Å². The molecule has 0 aliphatic rings. The van der Waals surface area contributed by atoms with Crippen LogP contribution in [0, 0.1) is 5.82 Å². The van der Waals surface area contributed by atoms with Gasteiger partial charge in [-0.15, -0.1) is 0 Å². The number of nitrogens with zero attached hydrogens (tertiary/aromatic N) is 2. The number of hydrogen-bond donors (Lipinski definition) is 1. The molecule has 0 aliphatic heterocycles. The lowest BCUT2D eigenvalue weighted by atomic mass is 10.3. The molecule has 0 atom stereocenters. The molecule has 1 N–H and O–H groups in total. The van der Waals surface area contributed by atoms with Crippen LogP contribution in [0.1, 0.15) is 22.8 Å². The number of aromatic nitrogens is 1. The summed E-state index contributed by atoms with van der Waals surface area (Å²) in [5.41, 5.74) is 0.147. The van der Waals surface area contributed by atoms with E-state index in [2.05, 4.69) is 4.98 Å². The van der Waals surface area contributed by atoms with Crippen molar-refractivity contribution < 1.29 is 23.4 Å². The van der Waals surface area contributed by atoms with E-state index in [-0.39, 0.29) is 35.7 Å². The van der Waals surface area contributed by atoms with Crippen molar-refractivity contribution in [3.63, 3.8) is 0 Å². The Hall–Kier alpha value is -2.12. The van der Waals surface area contributed by atoms with Crippen molar-refractivity contribution in [1.82, 2.24) is 9.88 Å². The number of benzene rings is 1. The van der Waals surface area contributed by atoms with Gasteiger partial charge in [0, 0.05) is 20.2 Å². The van der Waals surface area contributed by atoms with Crippen molar-refractivity contribution in [2.75, 3.05) is 20.2 Å². The van der Waals surface area contributed by atoms with Gasteiger partial charge in [0.1, 0.15) is 17.8 Å². The van der Waals surface area contributed by atoms with Gasteiger partial charge in [-0.05, 0) is 24.6 Å². The molecule has 1 heterocycles. The van der Waals surface area contributed by atoms with E-state index >= 15 is 0 Å². The number of carbonyl (C=O) groups excluding carboxylic acids is 1. The first-order chi connectivity index (χ1) is 11.0. The lowest BCUT2D eigenvalue weighted by molar-refractivity contribution is 0.0780. The topological polar surface area (TPSA) is 75.8 Å². The molecule has 124 valence electrons. The number of carbonyl (C=O) groups is 1. The first-order valence-electron chi connectivity index (χ1n) is 6.90. The maximum atomic E-state index is 12.9. The van der Waals surface area contributed by atoms with Gasteiger partial charge < -0.3 is 19.2 Å². The third kappa shape index (κ3) is 4.67. The van der Waals surface area contributed by atoms with E-state index in [9.17, 15) is 9.18 Å². The molecule has 23 heavy (non-hydrogen) atoms. The normalized spacial score (nSPS) is 10.6. The summed E-state index contributed by atoms with van der Waals surface area (Å²) in [6.07, 6.45) is 1.72. The molecule has 8 heteroatoms. The molecule has 0 aliphatic carbocycles. The Labute approximate surface area is 137 Å². The summed E-state index contributed by atoms with van der Waals surface area (Å²) in [6, 6.07) is 3.76. The van der Waals surface area contributed by atoms with Gasteiger partial charge in [0.05, 0.1) is 5.02 Å². The molecule has 0 saturated heterocycles. The number of aliphatic hydroxyl groups is 1. The zero-order valence-corrected chi connectivity index (χ0v) is 13.2. The van der Waals surface area contributed by atoms with E-state index < -0.39 is 5.82 Å². The number of ether oxygens (including phenoxy) is 1. The summed E-state index contributed by atoms with van der Waals surface area (Å²) in [5, 5.41) is 8.90. The van der Waals surface area contributed by atoms with Crippen molar-refractivity contribution >= 4 is 17.5 Å². The highest BCUT2D eigenvalue weighted by atomic mass is 35.5. The fourth-order valence-electron chi connectivity index (χ4n) is 1.81. The van der Waals surface area contributed by atoms with Crippen molar-refractivity contribution in [2.45, 2.75) is 13.0 Å². The van der Waals surface area contributed by atoms with Gasteiger partial charge in [-0.2, -0.15) is 0 Å². The highest BCUT2D eigenvalue weighted by molar-refractivity contribution is 6.32. The molecule has 1 aromatic carbocycles. The number of rotatable bonds is 7.